The summed E-state index contributed by atoms with van der Waals surface area (Å²) in [5.41, 5.74) is 0.385. The first-order chi connectivity index (χ1) is 5.64. The number of rotatable bonds is 3. The van der Waals surface area contributed by atoms with Gasteiger partial charge in [-0.25, -0.2) is 0 Å². The third-order valence-electron chi connectivity index (χ3n) is 3.99. The molecule has 1 saturated carbocycles. The van der Waals surface area contributed by atoms with Gasteiger partial charge in [-0.2, -0.15) is 0 Å². The standard InChI is InChI=1S/C11H22O/c1-4-11(3,5-2)9-7-6-8-10(9)12/h9-10,12H,4-8H2,1-3H3/t9-,10-/m1/s1. The summed E-state index contributed by atoms with van der Waals surface area (Å²) in [7, 11) is 0. The van der Waals surface area contributed by atoms with Crippen molar-refractivity contribution in [2.45, 2.75) is 59.0 Å². The smallest absolute Gasteiger partial charge is 0.0573 e. The van der Waals surface area contributed by atoms with Crippen LogP contribution in [-0.2, 0) is 0 Å². The molecule has 1 aliphatic carbocycles. The minimum Gasteiger partial charge on any atom is -0.393 e. The molecule has 1 fully saturated rings. The predicted octanol–water partition coefficient (Wildman–Crippen LogP) is 2.97. The van der Waals surface area contributed by atoms with Crippen LogP contribution in [0.4, 0.5) is 0 Å². The average molecular weight is 170 g/mol. The van der Waals surface area contributed by atoms with E-state index in [2.05, 4.69) is 20.8 Å². The van der Waals surface area contributed by atoms with Crippen molar-refractivity contribution in [3.8, 4) is 0 Å². The summed E-state index contributed by atoms with van der Waals surface area (Å²) in [6, 6.07) is 0. The highest BCUT2D eigenvalue weighted by Crippen LogP contribution is 2.44. The highest BCUT2D eigenvalue weighted by molar-refractivity contribution is 4.89. The van der Waals surface area contributed by atoms with Gasteiger partial charge in [0.05, 0.1) is 6.10 Å². The molecule has 0 aromatic rings. The van der Waals surface area contributed by atoms with Crippen molar-refractivity contribution < 1.29 is 5.11 Å². The predicted molar refractivity (Wildman–Crippen MR) is 52.0 cm³/mol. The van der Waals surface area contributed by atoms with Crippen molar-refractivity contribution in [3.63, 3.8) is 0 Å². The molecule has 0 bridgehead atoms. The highest BCUT2D eigenvalue weighted by Gasteiger charge is 2.38. The summed E-state index contributed by atoms with van der Waals surface area (Å²) in [4.78, 5) is 0. The van der Waals surface area contributed by atoms with E-state index in [0.29, 0.717) is 11.3 Å². The Balaban J connectivity index is 2.64. The van der Waals surface area contributed by atoms with Crippen LogP contribution in [-0.4, -0.2) is 11.2 Å². The van der Waals surface area contributed by atoms with Crippen LogP contribution in [0.5, 0.6) is 0 Å². The van der Waals surface area contributed by atoms with E-state index in [0.717, 1.165) is 6.42 Å². The molecule has 1 N–H and O–H groups in total. The molecular weight excluding hydrogens is 148 g/mol. The molecule has 72 valence electrons. The second-order valence-corrected chi connectivity index (χ2v) is 4.47. The van der Waals surface area contributed by atoms with Crippen LogP contribution < -0.4 is 0 Å². The number of aliphatic hydroxyl groups is 1. The summed E-state index contributed by atoms with van der Waals surface area (Å²) in [5, 5.41) is 9.79. The Morgan fingerprint density at radius 3 is 2.17 bits per heavy atom. The Kier molecular flexibility index (Phi) is 3.16. The van der Waals surface area contributed by atoms with Gasteiger partial charge in [-0.05, 0) is 24.2 Å². The lowest BCUT2D eigenvalue weighted by atomic mass is 9.71. The van der Waals surface area contributed by atoms with E-state index in [4.69, 9.17) is 0 Å². The van der Waals surface area contributed by atoms with Gasteiger partial charge in [-0.15, -0.1) is 0 Å². The number of aliphatic hydroxyl groups excluding tert-OH is 1. The second-order valence-electron chi connectivity index (χ2n) is 4.47. The largest absolute Gasteiger partial charge is 0.393 e. The Labute approximate surface area is 76.2 Å². The molecule has 1 rings (SSSR count). The maximum atomic E-state index is 9.79. The van der Waals surface area contributed by atoms with Crippen LogP contribution >= 0.6 is 0 Å². The van der Waals surface area contributed by atoms with E-state index < -0.39 is 0 Å². The lowest BCUT2D eigenvalue weighted by molar-refractivity contribution is 0.0432. The first-order valence-corrected chi connectivity index (χ1v) is 5.32. The van der Waals surface area contributed by atoms with Crippen molar-refractivity contribution in [3.05, 3.63) is 0 Å². The number of hydrogen-bond acceptors (Lipinski definition) is 1. The van der Waals surface area contributed by atoms with Gasteiger partial charge in [0.1, 0.15) is 0 Å². The Bertz CT molecular complexity index is 138. The van der Waals surface area contributed by atoms with Crippen LogP contribution in [0.2, 0.25) is 0 Å². The van der Waals surface area contributed by atoms with E-state index in [9.17, 15) is 5.11 Å². The Morgan fingerprint density at radius 2 is 1.83 bits per heavy atom. The molecule has 12 heavy (non-hydrogen) atoms. The molecule has 0 aliphatic heterocycles. The average Bonchev–Trinajstić information content (AvgIpc) is 2.51. The minimum absolute atomic E-state index is 0.0186. The molecule has 0 aromatic heterocycles. The van der Waals surface area contributed by atoms with Crippen LogP contribution in [0.15, 0.2) is 0 Å². The molecule has 1 heteroatoms. The molecule has 0 saturated heterocycles. The van der Waals surface area contributed by atoms with E-state index >= 15 is 0 Å². The third-order valence-corrected chi connectivity index (χ3v) is 3.99. The zero-order valence-electron chi connectivity index (χ0n) is 8.64. The molecular formula is C11H22O. The van der Waals surface area contributed by atoms with Crippen molar-refractivity contribution in [2.24, 2.45) is 11.3 Å². The molecule has 0 aromatic carbocycles. The quantitative estimate of drug-likeness (QED) is 0.690. The molecule has 1 nitrogen and oxygen atoms in total. The van der Waals surface area contributed by atoms with Crippen molar-refractivity contribution >= 4 is 0 Å². The fourth-order valence-corrected chi connectivity index (χ4v) is 2.53. The van der Waals surface area contributed by atoms with Gasteiger partial charge >= 0.3 is 0 Å². The van der Waals surface area contributed by atoms with Gasteiger partial charge in [-0.3, -0.25) is 0 Å². The fourth-order valence-electron chi connectivity index (χ4n) is 2.53. The maximum absolute atomic E-state index is 9.79. The molecule has 0 heterocycles. The zero-order valence-corrected chi connectivity index (χ0v) is 8.64. The summed E-state index contributed by atoms with van der Waals surface area (Å²) in [5.74, 6) is 0.562. The van der Waals surface area contributed by atoms with Crippen molar-refractivity contribution in [2.75, 3.05) is 0 Å². The summed E-state index contributed by atoms with van der Waals surface area (Å²) in [6.07, 6.45) is 5.87. The van der Waals surface area contributed by atoms with E-state index in [1.807, 2.05) is 0 Å². The molecule has 0 amide bonds. The topological polar surface area (TPSA) is 20.2 Å². The maximum Gasteiger partial charge on any atom is 0.0573 e. The van der Waals surface area contributed by atoms with E-state index in [1.54, 1.807) is 0 Å². The van der Waals surface area contributed by atoms with Crippen LogP contribution in [0, 0.1) is 11.3 Å². The lowest BCUT2D eigenvalue weighted by Crippen LogP contribution is -2.31. The van der Waals surface area contributed by atoms with E-state index in [-0.39, 0.29) is 6.10 Å². The van der Waals surface area contributed by atoms with Crippen LogP contribution in [0.3, 0.4) is 0 Å². The van der Waals surface area contributed by atoms with Gasteiger partial charge in [-0.1, -0.05) is 40.0 Å². The number of hydrogen-bond donors (Lipinski definition) is 1. The van der Waals surface area contributed by atoms with Gasteiger partial charge in [0, 0.05) is 0 Å². The van der Waals surface area contributed by atoms with Gasteiger partial charge < -0.3 is 5.11 Å². The van der Waals surface area contributed by atoms with Gasteiger partial charge in [0.15, 0.2) is 0 Å². The molecule has 2 atom stereocenters. The van der Waals surface area contributed by atoms with Crippen LogP contribution in [0.25, 0.3) is 0 Å². The second kappa shape index (κ2) is 3.78. The summed E-state index contributed by atoms with van der Waals surface area (Å²) < 4.78 is 0. The first kappa shape index (κ1) is 10.0. The van der Waals surface area contributed by atoms with Gasteiger partial charge in [0.2, 0.25) is 0 Å². The lowest BCUT2D eigenvalue weighted by Gasteiger charge is -2.35. The van der Waals surface area contributed by atoms with Crippen LogP contribution in [0.1, 0.15) is 52.9 Å². The third kappa shape index (κ3) is 1.66. The van der Waals surface area contributed by atoms with E-state index in [1.165, 1.54) is 25.7 Å². The summed E-state index contributed by atoms with van der Waals surface area (Å²) in [6.45, 7) is 6.81. The SMILES string of the molecule is CCC(C)(CC)[C@@H]1CCC[C@H]1O. The monoisotopic (exact) mass is 170 g/mol. The zero-order chi connectivity index (χ0) is 9.19. The highest BCUT2D eigenvalue weighted by atomic mass is 16.3. The molecule has 1 aliphatic rings. The fraction of sp³-hybridized carbons (Fsp3) is 1.00. The van der Waals surface area contributed by atoms with Crippen molar-refractivity contribution in [1.82, 2.24) is 0 Å². The molecule has 0 spiro atoms. The minimum atomic E-state index is -0.0186. The normalized spacial score (nSPS) is 31.0. The molecule has 0 unspecified atom stereocenters. The summed E-state index contributed by atoms with van der Waals surface area (Å²) >= 11 is 0. The molecule has 0 radical (unpaired) electrons. The Hall–Kier alpha value is -0.0400. The Morgan fingerprint density at radius 1 is 1.25 bits per heavy atom. The first-order valence-electron chi connectivity index (χ1n) is 5.32. The van der Waals surface area contributed by atoms with Crippen molar-refractivity contribution in [1.29, 1.82) is 0 Å². The van der Waals surface area contributed by atoms with Gasteiger partial charge in [0.25, 0.3) is 0 Å².